The summed E-state index contributed by atoms with van der Waals surface area (Å²) in [6.07, 6.45) is -3.64. The molecule has 1 saturated heterocycles. The predicted octanol–water partition coefficient (Wildman–Crippen LogP) is 1.48. The molecular formula is C16H15F3N2O3. The van der Waals surface area contributed by atoms with Crippen LogP contribution >= 0.6 is 0 Å². The second-order valence-electron chi connectivity index (χ2n) is 5.04. The van der Waals surface area contributed by atoms with Gasteiger partial charge in [0.05, 0.1) is 12.1 Å². The molecule has 5 nitrogen and oxygen atoms in total. The molecular weight excluding hydrogens is 325 g/mol. The van der Waals surface area contributed by atoms with Crippen LogP contribution in [0.2, 0.25) is 0 Å². The van der Waals surface area contributed by atoms with Crippen molar-refractivity contribution in [2.45, 2.75) is 25.1 Å². The average molecular weight is 340 g/mol. The second kappa shape index (κ2) is 7.73. The number of rotatable bonds is 4. The third kappa shape index (κ3) is 5.19. The van der Waals surface area contributed by atoms with Gasteiger partial charge in [-0.3, -0.25) is 9.59 Å². The first-order chi connectivity index (χ1) is 11.4. The molecule has 0 aromatic heterocycles. The van der Waals surface area contributed by atoms with Crippen molar-refractivity contribution in [3.8, 4) is 17.6 Å². The van der Waals surface area contributed by atoms with Crippen LogP contribution in [0, 0.1) is 11.8 Å². The lowest BCUT2D eigenvalue weighted by Gasteiger charge is -2.08. The van der Waals surface area contributed by atoms with Crippen molar-refractivity contribution < 1.29 is 27.5 Å². The molecule has 8 heteroatoms. The number of ether oxygens (including phenoxy) is 1. The van der Waals surface area contributed by atoms with Gasteiger partial charge in [0.1, 0.15) is 18.4 Å². The lowest BCUT2D eigenvalue weighted by atomic mass is 10.2. The van der Waals surface area contributed by atoms with Gasteiger partial charge in [-0.15, -0.1) is 0 Å². The normalized spacial score (nSPS) is 16.8. The Kier molecular flexibility index (Phi) is 5.68. The highest BCUT2D eigenvalue weighted by molar-refractivity contribution is 5.90. The fourth-order valence-corrected chi connectivity index (χ4v) is 2.06. The first kappa shape index (κ1) is 17.7. The van der Waals surface area contributed by atoms with Gasteiger partial charge in [0, 0.05) is 6.42 Å². The topological polar surface area (TPSA) is 67.4 Å². The van der Waals surface area contributed by atoms with E-state index in [-0.39, 0.29) is 30.7 Å². The van der Waals surface area contributed by atoms with Gasteiger partial charge >= 0.3 is 6.18 Å². The Morgan fingerprint density at radius 1 is 1.38 bits per heavy atom. The molecule has 1 atom stereocenters. The van der Waals surface area contributed by atoms with Gasteiger partial charge in [-0.2, -0.15) is 13.2 Å². The predicted molar refractivity (Wildman–Crippen MR) is 78.9 cm³/mol. The van der Waals surface area contributed by atoms with Gasteiger partial charge in [-0.05, 0) is 24.6 Å². The molecule has 1 unspecified atom stereocenters. The third-order valence-electron chi connectivity index (χ3n) is 3.26. The highest BCUT2D eigenvalue weighted by Crippen LogP contribution is 2.31. The highest BCUT2D eigenvalue weighted by atomic mass is 19.4. The van der Waals surface area contributed by atoms with E-state index in [1.165, 1.54) is 12.1 Å². The largest absolute Gasteiger partial charge is 0.481 e. The Balaban J connectivity index is 1.72. The Labute approximate surface area is 136 Å². The minimum atomic E-state index is -4.43. The number of carbonyl (C=O) groups is 2. The van der Waals surface area contributed by atoms with Crippen LogP contribution in [0.4, 0.5) is 13.2 Å². The van der Waals surface area contributed by atoms with Crippen LogP contribution in [-0.2, 0) is 15.8 Å². The van der Waals surface area contributed by atoms with Crippen molar-refractivity contribution in [3.05, 3.63) is 29.8 Å². The summed E-state index contributed by atoms with van der Waals surface area (Å²) in [5.74, 6) is 4.81. The molecule has 24 heavy (non-hydrogen) atoms. The number of hydrogen-bond donors (Lipinski definition) is 2. The molecule has 2 rings (SSSR count). The van der Waals surface area contributed by atoms with Gasteiger partial charge in [0.2, 0.25) is 11.8 Å². The van der Waals surface area contributed by atoms with E-state index < -0.39 is 17.8 Å². The second-order valence-corrected chi connectivity index (χ2v) is 5.04. The van der Waals surface area contributed by atoms with Gasteiger partial charge < -0.3 is 15.4 Å². The van der Waals surface area contributed by atoms with E-state index in [1.807, 2.05) is 0 Å². The zero-order valence-corrected chi connectivity index (χ0v) is 12.6. The fourth-order valence-electron chi connectivity index (χ4n) is 2.06. The van der Waals surface area contributed by atoms with E-state index in [0.29, 0.717) is 12.8 Å². The number of nitrogens with one attached hydrogen (secondary N) is 2. The van der Waals surface area contributed by atoms with Crippen molar-refractivity contribution in [2.75, 3.05) is 13.2 Å². The zero-order chi connectivity index (χ0) is 17.6. The van der Waals surface area contributed by atoms with Crippen molar-refractivity contribution in [1.29, 1.82) is 0 Å². The molecule has 1 aliphatic heterocycles. The van der Waals surface area contributed by atoms with Crippen LogP contribution in [0.15, 0.2) is 24.3 Å². The van der Waals surface area contributed by atoms with Crippen LogP contribution in [0.1, 0.15) is 18.4 Å². The molecule has 128 valence electrons. The lowest BCUT2D eigenvalue weighted by Crippen LogP contribution is -2.41. The first-order valence-electron chi connectivity index (χ1n) is 7.19. The summed E-state index contributed by atoms with van der Waals surface area (Å²) in [6.45, 7) is -0.0332. The number of amides is 2. The molecule has 1 heterocycles. The summed E-state index contributed by atoms with van der Waals surface area (Å²) in [5.41, 5.74) is -0.793. The standard InChI is InChI=1S/C16H15F3N2O3/c17-16(18,19)11-4-3-5-12(10-11)24-9-2-1-8-20-15(23)13-6-7-14(22)21-13/h3-5,10,13H,6-9H2,(H,20,23)(H,21,22). The van der Waals surface area contributed by atoms with Gasteiger partial charge in [-0.25, -0.2) is 0 Å². The van der Waals surface area contributed by atoms with Crippen LogP contribution in [0.25, 0.3) is 0 Å². The Bertz CT molecular complexity index is 677. The molecule has 2 amide bonds. The Morgan fingerprint density at radius 3 is 2.83 bits per heavy atom. The molecule has 0 aliphatic carbocycles. The quantitative estimate of drug-likeness (QED) is 0.816. The summed E-state index contributed by atoms with van der Waals surface area (Å²) in [4.78, 5) is 22.6. The summed E-state index contributed by atoms with van der Waals surface area (Å²) >= 11 is 0. The van der Waals surface area contributed by atoms with Gasteiger partial charge in [0.25, 0.3) is 0 Å². The minimum Gasteiger partial charge on any atom is -0.481 e. The number of benzene rings is 1. The molecule has 0 spiro atoms. The molecule has 0 saturated carbocycles. The average Bonchev–Trinajstić information content (AvgIpc) is 2.96. The number of carbonyl (C=O) groups excluding carboxylic acids is 2. The monoisotopic (exact) mass is 340 g/mol. The molecule has 1 aromatic carbocycles. The third-order valence-corrected chi connectivity index (χ3v) is 3.26. The van der Waals surface area contributed by atoms with Crippen LogP contribution in [0.3, 0.4) is 0 Å². The Hall–Kier alpha value is -2.69. The minimum absolute atomic E-state index is 0.0665. The first-order valence-corrected chi connectivity index (χ1v) is 7.19. The van der Waals surface area contributed by atoms with Crippen molar-refractivity contribution >= 4 is 11.8 Å². The molecule has 1 fully saturated rings. The fraction of sp³-hybridized carbons (Fsp3) is 0.375. The van der Waals surface area contributed by atoms with E-state index in [9.17, 15) is 22.8 Å². The zero-order valence-electron chi connectivity index (χ0n) is 12.6. The summed E-state index contributed by atoms with van der Waals surface area (Å²) in [5, 5.41) is 5.07. The molecule has 2 N–H and O–H groups in total. The van der Waals surface area contributed by atoms with E-state index in [4.69, 9.17) is 4.74 Å². The van der Waals surface area contributed by atoms with E-state index in [0.717, 1.165) is 12.1 Å². The molecule has 1 aromatic rings. The maximum atomic E-state index is 12.5. The lowest BCUT2D eigenvalue weighted by molar-refractivity contribution is -0.137. The van der Waals surface area contributed by atoms with Crippen LogP contribution in [0.5, 0.6) is 5.75 Å². The molecule has 1 aliphatic rings. The highest BCUT2D eigenvalue weighted by Gasteiger charge is 2.30. The maximum Gasteiger partial charge on any atom is 0.416 e. The summed E-state index contributed by atoms with van der Waals surface area (Å²) in [6, 6.07) is 3.98. The van der Waals surface area contributed by atoms with Crippen LogP contribution < -0.4 is 15.4 Å². The number of halogens is 3. The van der Waals surface area contributed by atoms with E-state index in [2.05, 4.69) is 22.5 Å². The summed E-state index contributed by atoms with van der Waals surface area (Å²) in [7, 11) is 0. The maximum absolute atomic E-state index is 12.5. The van der Waals surface area contributed by atoms with E-state index >= 15 is 0 Å². The summed E-state index contributed by atoms with van der Waals surface area (Å²) < 4.78 is 42.7. The van der Waals surface area contributed by atoms with Gasteiger partial charge in [-0.1, -0.05) is 17.9 Å². The smallest absolute Gasteiger partial charge is 0.416 e. The Morgan fingerprint density at radius 2 is 2.17 bits per heavy atom. The molecule has 0 radical (unpaired) electrons. The van der Waals surface area contributed by atoms with Gasteiger partial charge in [0.15, 0.2) is 0 Å². The number of alkyl halides is 3. The number of hydrogen-bond acceptors (Lipinski definition) is 3. The molecule has 0 bridgehead atoms. The van der Waals surface area contributed by atoms with E-state index in [1.54, 1.807) is 0 Å². The SMILES string of the molecule is O=C1CCC(C(=O)NCC#CCOc2cccc(C(F)(F)F)c2)N1. The van der Waals surface area contributed by atoms with Crippen molar-refractivity contribution in [1.82, 2.24) is 10.6 Å². The van der Waals surface area contributed by atoms with Crippen molar-refractivity contribution in [3.63, 3.8) is 0 Å². The van der Waals surface area contributed by atoms with Crippen molar-refractivity contribution in [2.24, 2.45) is 0 Å². The van der Waals surface area contributed by atoms with Crippen LogP contribution in [-0.4, -0.2) is 31.0 Å².